The molecule has 0 saturated carbocycles. The summed E-state index contributed by atoms with van der Waals surface area (Å²) in [4.78, 5) is 12.7. The first-order chi connectivity index (χ1) is 8.84. The van der Waals surface area contributed by atoms with Crippen LogP contribution in [0.4, 0.5) is 23.2 Å². The number of carbonyl (C=O) groups is 1. The summed E-state index contributed by atoms with van der Waals surface area (Å²) in [7, 11) is 0. The summed E-state index contributed by atoms with van der Waals surface area (Å²) < 4.78 is 53.8. The summed E-state index contributed by atoms with van der Waals surface area (Å²) in [5, 5.41) is 0. The van der Waals surface area contributed by atoms with E-state index in [1.54, 1.807) is 13.8 Å². The third-order valence-corrected chi connectivity index (χ3v) is 3.70. The number of hydrogen-bond acceptors (Lipinski definition) is 2. The predicted molar refractivity (Wildman–Crippen MR) is 61.9 cm³/mol. The maximum atomic E-state index is 13.7. The molecule has 0 N–H and O–H groups in total. The van der Waals surface area contributed by atoms with Gasteiger partial charge in [0.05, 0.1) is 0 Å². The zero-order valence-corrected chi connectivity index (χ0v) is 10.5. The van der Waals surface area contributed by atoms with Crippen LogP contribution in [0.3, 0.4) is 0 Å². The number of Topliss-reactive ketones (excluding diaryl/α,β-unsaturated/α-hetero) is 1. The van der Waals surface area contributed by atoms with Crippen molar-refractivity contribution < 1.29 is 22.4 Å². The number of rotatable bonds is 1. The van der Waals surface area contributed by atoms with Gasteiger partial charge < -0.3 is 4.90 Å². The predicted octanol–water partition coefficient (Wildman–Crippen LogP) is 3.05. The summed E-state index contributed by atoms with van der Waals surface area (Å²) in [5.41, 5.74) is -0.732. The fourth-order valence-electron chi connectivity index (χ4n) is 2.33. The highest BCUT2D eigenvalue weighted by molar-refractivity contribution is 5.84. The van der Waals surface area contributed by atoms with Gasteiger partial charge in [-0.1, -0.05) is 6.92 Å². The molecule has 104 valence electrons. The highest BCUT2D eigenvalue weighted by Gasteiger charge is 2.35. The first-order valence-corrected chi connectivity index (χ1v) is 5.97. The molecule has 1 aromatic carbocycles. The number of ketones is 1. The largest absolute Gasteiger partial charge is 0.363 e. The molecule has 0 radical (unpaired) electrons. The van der Waals surface area contributed by atoms with Crippen LogP contribution in [0.2, 0.25) is 0 Å². The minimum Gasteiger partial charge on any atom is -0.363 e. The summed E-state index contributed by atoms with van der Waals surface area (Å²) in [6, 6.07) is -0.344. The van der Waals surface area contributed by atoms with Crippen LogP contribution < -0.4 is 4.90 Å². The second-order valence-corrected chi connectivity index (χ2v) is 4.76. The lowest BCUT2D eigenvalue weighted by Gasteiger charge is -2.38. The molecule has 6 heteroatoms. The number of anilines is 1. The highest BCUT2D eigenvalue weighted by atomic mass is 19.2. The van der Waals surface area contributed by atoms with E-state index in [4.69, 9.17) is 0 Å². The fourth-order valence-corrected chi connectivity index (χ4v) is 2.33. The molecule has 1 saturated heterocycles. The first-order valence-electron chi connectivity index (χ1n) is 5.97. The van der Waals surface area contributed by atoms with Crippen molar-refractivity contribution in [2.75, 3.05) is 11.4 Å². The van der Waals surface area contributed by atoms with Crippen LogP contribution in [-0.4, -0.2) is 18.4 Å². The lowest BCUT2D eigenvalue weighted by atomic mass is 9.90. The summed E-state index contributed by atoms with van der Waals surface area (Å²) in [5.74, 6) is -6.20. The molecule has 0 aromatic heterocycles. The Balaban J connectivity index is 2.50. The molecule has 0 spiro atoms. The van der Waals surface area contributed by atoms with Crippen molar-refractivity contribution in [1.82, 2.24) is 0 Å². The Labute approximate surface area is 108 Å². The van der Waals surface area contributed by atoms with Gasteiger partial charge in [0, 0.05) is 31.0 Å². The summed E-state index contributed by atoms with van der Waals surface area (Å²) in [6.07, 6.45) is 0.0997. The molecule has 1 aliphatic rings. The Hall–Kier alpha value is -1.59. The van der Waals surface area contributed by atoms with Gasteiger partial charge in [-0.3, -0.25) is 4.79 Å². The maximum Gasteiger partial charge on any atom is 0.185 e. The lowest BCUT2D eigenvalue weighted by Crippen LogP contribution is -2.47. The van der Waals surface area contributed by atoms with Crippen molar-refractivity contribution in [3.8, 4) is 0 Å². The molecular weight excluding hydrogens is 262 g/mol. The van der Waals surface area contributed by atoms with Gasteiger partial charge in [-0.25, -0.2) is 17.6 Å². The normalized spacial score (nSPS) is 23.9. The average Bonchev–Trinajstić information content (AvgIpc) is 2.36. The van der Waals surface area contributed by atoms with E-state index in [1.807, 2.05) is 0 Å². The molecule has 2 nitrogen and oxygen atoms in total. The molecule has 1 aliphatic heterocycles. The van der Waals surface area contributed by atoms with Gasteiger partial charge in [0.25, 0.3) is 0 Å². The van der Waals surface area contributed by atoms with Crippen LogP contribution in [0.5, 0.6) is 0 Å². The molecule has 19 heavy (non-hydrogen) atoms. The second-order valence-electron chi connectivity index (χ2n) is 4.76. The zero-order chi connectivity index (χ0) is 14.3. The Morgan fingerprint density at radius 1 is 1.11 bits per heavy atom. The highest BCUT2D eigenvalue weighted by Crippen LogP contribution is 2.33. The molecule has 0 bridgehead atoms. The lowest BCUT2D eigenvalue weighted by molar-refractivity contribution is -0.123. The van der Waals surface area contributed by atoms with Crippen molar-refractivity contribution >= 4 is 11.5 Å². The molecule has 1 aromatic rings. The van der Waals surface area contributed by atoms with Crippen LogP contribution in [0.25, 0.3) is 0 Å². The van der Waals surface area contributed by atoms with Crippen LogP contribution in [-0.2, 0) is 4.79 Å². The summed E-state index contributed by atoms with van der Waals surface area (Å²) >= 11 is 0. The zero-order valence-electron chi connectivity index (χ0n) is 10.5. The van der Waals surface area contributed by atoms with E-state index in [0.29, 0.717) is 0 Å². The van der Waals surface area contributed by atoms with E-state index in [2.05, 4.69) is 0 Å². The van der Waals surface area contributed by atoms with Crippen molar-refractivity contribution in [3.63, 3.8) is 0 Å². The van der Waals surface area contributed by atoms with E-state index in [1.165, 1.54) is 4.90 Å². The van der Waals surface area contributed by atoms with Crippen molar-refractivity contribution in [3.05, 3.63) is 29.3 Å². The van der Waals surface area contributed by atoms with Crippen molar-refractivity contribution in [1.29, 1.82) is 0 Å². The number of hydrogen-bond donors (Lipinski definition) is 0. The standard InChI is InChI=1S/C13H13F4NO/c1-6-7(2)18(4-3-10(6)19)13-11(16)8(14)5-9(15)12(13)17/h5-7H,3-4H2,1-2H3. The van der Waals surface area contributed by atoms with E-state index in [0.717, 1.165) is 0 Å². The van der Waals surface area contributed by atoms with Crippen molar-refractivity contribution in [2.24, 2.45) is 5.92 Å². The fraction of sp³-hybridized carbons (Fsp3) is 0.462. The summed E-state index contributed by atoms with van der Waals surface area (Å²) in [6.45, 7) is 3.27. The average molecular weight is 275 g/mol. The molecule has 2 rings (SSSR count). The molecular formula is C13H13F4NO. The molecule has 0 amide bonds. The minimum absolute atomic E-state index is 0.0264. The number of benzene rings is 1. The topological polar surface area (TPSA) is 20.3 Å². The van der Waals surface area contributed by atoms with Crippen LogP contribution in [0, 0.1) is 29.2 Å². The van der Waals surface area contributed by atoms with Gasteiger partial charge in [0.15, 0.2) is 23.3 Å². The SMILES string of the molecule is CC1C(=O)CCN(c2c(F)c(F)cc(F)c2F)C1C. The Kier molecular flexibility index (Phi) is 3.52. The Morgan fingerprint density at radius 3 is 2.16 bits per heavy atom. The molecule has 1 fully saturated rings. The third kappa shape index (κ3) is 2.19. The van der Waals surface area contributed by atoms with Gasteiger partial charge in [-0.15, -0.1) is 0 Å². The number of nitrogens with zero attached hydrogens (tertiary/aromatic N) is 1. The van der Waals surface area contributed by atoms with Gasteiger partial charge in [-0.2, -0.15) is 0 Å². The molecule has 2 atom stereocenters. The third-order valence-electron chi connectivity index (χ3n) is 3.70. The molecule has 0 aliphatic carbocycles. The van der Waals surface area contributed by atoms with Crippen LogP contribution in [0.1, 0.15) is 20.3 Å². The molecule has 1 heterocycles. The van der Waals surface area contributed by atoms with Crippen molar-refractivity contribution in [2.45, 2.75) is 26.3 Å². The number of piperidine rings is 1. The van der Waals surface area contributed by atoms with Gasteiger partial charge in [-0.05, 0) is 6.92 Å². The quantitative estimate of drug-likeness (QED) is 0.580. The van der Waals surface area contributed by atoms with E-state index in [-0.39, 0.29) is 24.8 Å². The van der Waals surface area contributed by atoms with E-state index < -0.39 is 40.9 Å². The van der Waals surface area contributed by atoms with Gasteiger partial charge in [0.1, 0.15) is 11.5 Å². The first kappa shape index (κ1) is 13.8. The number of carbonyl (C=O) groups excluding carboxylic acids is 1. The van der Waals surface area contributed by atoms with Crippen LogP contribution in [0.15, 0.2) is 6.07 Å². The molecule has 2 unspecified atom stereocenters. The van der Waals surface area contributed by atoms with Crippen LogP contribution >= 0.6 is 0 Å². The van der Waals surface area contributed by atoms with E-state index >= 15 is 0 Å². The monoisotopic (exact) mass is 275 g/mol. The van der Waals surface area contributed by atoms with E-state index in [9.17, 15) is 22.4 Å². The van der Waals surface area contributed by atoms with Gasteiger partial charge >= 0.3 is 0 Å². The number of halogens is 4. The Morgan fingerprint density at radius 2 is 1.63 bits per heavy atom. The van der Waals surface area contributed by atoms with Gasteiger partial charge in [0.2, 0.25) is 0 Å². The maximum absolute atomic E-state index is 13.7. The minimum atomic E-state index is -1.44. The smallest absolute Gasteiger partial charge is 0.185 e. The second kappa shape index (κ2) is 4.83. The Bertz CT molecular complexity index is 506.